The standard InChI is InChI=1S/C8H14NO/c1-4-5-6-8(10)9-7(2)3/h5-7H,1,4H2,2-3H3,(H,9,10). The minimum atomic E-state index is -0.0429. The highest BCUT2D eigenvalue weighted by Crippen LogP contribution is 1.81. The molecule has 0 rings (SSSR count). The van der Waals surface area contributed by atoms with Crippen molar-refractivity contribution in [3.8, 4) is 0 Å². The van der Waals surface area contributed by atoms with Crippen LogP contribution in [-0.4, -0.2) is 11.9 Å². The quantitative estimate of drug-likeness (QED) is 0.588. The van der Waals surface area contributed by atoms with Crippen molar-refractivity contribution in [1.82, 2.24) is 5.32 Å². The average Bonchev–Trinajstić information content (AvgIpc) is 1.82. The van der Waals surface area contributed by atoms with E-state index in [1.807, 2.05) is 13.8 Å². The Morgan fingerprint density at radius 2 is 2.30 bits per heavy atom. The Bertz CT molecular complexity index is 127. The molecule has 0 atom stereocenters. The minimum Gasteiger partial charge on any atom is -0.350 e. The van der Waals surface area contributed by atoms with Crippen LogP contribution in [0.1, 0.15) is 20.3 Å². The highest BCUT2D eigenvalue weighted by Gasteiger charge is 1.95. The summed E-state index contributed by atoms with van der Waals surface area (Å²) in [6, 6.07) is 0.210. The Labute approximate surface area is 62.3 Å². The fourth-order valence-corrected chi connectivity index (χ4v) is 0.523. The van der Waals surface area contributed by atoms with Crippen LogP contribution in [0, 0.1) is 6.92 Å². The van der Waals surface area contributed by atoms with E-state index in [1.165, 1.54) is 6.08 Å². The van der Waals surface area contributed by atoms with Gasteiger partial charge in [-0.1, -0.05) is 6.08 Å². The van der Waals surface area contributed by atoms with E-state index in [2.05, 4.69) is 12.2 Å². The third kappa shape index (κ3) is 5.35. The van der Waals surface area contributed by atoms with Gasteiger partial charge in [0.05, 0.1) is 0 Å². The Kier molecular flexibility index (Phi) is 4.63. The molecule has 0 spiro atoms. The molecule has 0 saturated carbocycles. The van der Waals surface area contributed by atoms with Crippen molar-refractivity contribution >= 4 is 5.91 Å². The van der Waals surface area contributed by atoms with E-state index in [0.29, 0.717) is 6.42 Å². The molecule has 0 saturated heterocycles. The summed E-state index contributed by atoms with van der Waals surface area (Å²) in [6.07, 6.45) is 3.90. The fraction of sp³-hybridized carbons (Fsp3) is 0.500. The Morgan fingerprint density at radius 3 is 2.70 bits per heavy atom. The predicted molar refractivity (Wildman–Crippen MR) is 42.4 cm³/mol. The molecule has 0 aromatic heterocycles. The molecule has 0 aliphatic rings. The number of allylic oxidation sites excluding steroid dienone is 1. The molecule has 1 N–H and O–H groups in total. The van der Waals surface area contributed by atoms with Gasteiger partial charge >= 0.3 is 0 Å². The van der Waals surface area contributed by atoms with Crippen molar-refractivity contribution in [1.29, 1.82) is 0 Å². The number of carbonyl (C=O) groups is 1. The normalized spacial score (nSPS) is 10.8. The van der Waals surface area contributed by atoms with Gasteiger partial charge in [-0.25, -0.2) is 0 Å². The lowest BCUT2D eigenvalue weighted by molar-refractivity contribution is -0.116. The molecule has 0 fully saturated rings. The lowest BCUT2D eigenvalue weighted by atomic mass is 10.3. The van der Waals surface area contributed by atoms with Crippen LogP contribution in [0.15, 0.2) is 12.2 Å². The Hall–Kier alpha value is -0.790. The van der Waals surface area contributed by atoms with Crippen LogP contribution < -0.4 is 5.32 Å². The second-order valence-corrected chi connectivity index (χ2v) is 2.35. The number of hydrogen-bond donors (Lipinski definition) is 1. The number of amides is 1. The summed E-state index contributed by atoms with van der Waals surface area (Å²) >= 11 is 0. The summed E-state index contributed by atoms with van der Waals surface area (Å²) in [7, 11) is 0. The van der Waals surface area contributed by atoms with Gasteiger partial charge in [-0.3, -0.25) is 4.79 Å². The zero-order chi connectivity index (χ0) is 7.98. The highest BCUT2D eigenvalue weighted by atomic mass is 16.1. The smallest absolute Gasteiger partial charge is 0.243 e. The molecule has 2 nitrogen and oxygen atoms in total. The van der Waals surface area contributed by atoms with Crippen molar-refractivity contribution in [2.24, 2.45) is 0 Å². The van der Waals surface area contributed by atoms with Crippen LogP contribution in [0.2, 0.25) is 0 Å². The predicted octanol–water partition coefficient (Wildman–Crippen LogP) is 1.29. The molecule has 0 aliphatic carbocycles. The van der Waals surface area contributed by atoms with E-state index in [0.717, 1.165) is 0 Å². The molecule has 0 bridgehead atoms. The lowest BCUT2D eigenvalue weighted by Gasteiger charge is -2.03. The Balaban J connectivity index is 3.54. The van der Waals surface area contributed by atoms with Crippen LogP contribution in [0.5, 0.6) is 0 Å². The van der Waals surface area contributed by atoms with Gasteiger partial charge < -0.3 is 5.32 Å². The summed E-state index contributed by atoms with van der Waals surface area (Å²) in [5.41, 5.74) is 0. The van der Waals surface area contributed by atoms with E-state index in [-0.39, 0.29) is 11.9 Å². The van der Waals surface area contributed by atoms with E-state index in [9.17, 15) is 4.79 Å². The first-order chi connectivity index (χ1) is 4.66. The van der Waals surface area contributed by atoms with Gasteiger partial charge in [-0.15, -0.1) is 0 Å². The molecule has 1 radical (unpaired) electrons. The summed E-state index contributed by atoms with van der Waals surface area (Å²) in [5.74, 6) is -0.0429. The summed E-state index contributed by atoms with van der Waals surface area (Å²) < 4.78 is 0. The molecule has 0 aromatic carbocycles. The van der Waals surface area contributed by atoms with Crippen LogP contribution in [0.3, 0.4) is 0 Å². The molecule has 2 heteroatoms. The number of rotatable bonds is 3. The third-order valence-electron chi connectivity index (χ3n) is 0.867. The van der Waals surface area contributed by atoms with Crippen molar-refractivity contribution in [2.45, 2.75) is 26.3 Å². The van der Waals surface area contributed by atoms with Gasteiger partial charge in [0.25, 0.3) is 0 Å². The zero-order valence-corrected chi connectivity index (χ0v) is 6.55. The van der Waals surface area contributed by atoms with Crippen LogP contribution in [0.25, 0.3) is 0 Å². The van der Waals surface area contributed by atoms with E-state index >= 15 is 0 Å². The fourth-order valence-electron chi connectivity index (χ4n) is 0.523. The third-order valence-corrected chi connectivity index (χ3v) is 0.867. The van der Waals surface area contributed by atoms with E-state index in [1.54, 1.807) is 6.08 Å². The molecule has 57 valence electrons. The molecular weight excluding hydrogens is 126 g/mol. The van der Waals surface area contributed by atoms with Gasteiger partial charge in [0, 0.05) is 6.04 Å². The molecule has 0 heterocycles. The van der Waals surface area contributed by atoms with Crippen molar-refractivity contribution in [3.63, 3.8) is 0 Å². The van der Waals surface area contributed by atoms with Crippen molar-refractivity contribution in [3.05, 3.63) is 19.1 Å². The summed E-state index contributed by atoms with van der Waals surface area (Å²) in [5, 5.41) is 2.72. The van der Waals surface area contributed by atoms with Crippen LogP contribution in [0.4, 0.5) is 0 Å². The van der Waals surface area contributed by atoms with Gasteiger partial charge in [0.2, 0.25) is 5.91 Å². The topological polar surface area (TPSA) is 29.1 Å². The summed E-state index contributed by atoms with van der Waals surface area (Å²) in [6.45, 7) is 7.42. The molecule has 1 amide bonds. The van der Waals surface area contributed by atoms with Gasteiger partial charge in [0.1, 0.15) is 0 Å². The second-order valence-electron chi connectivity index (χ2n) is 2.35. The molecule has 0 aromatic rings. The largest absolute Gasteiger partial charge is 0.350 e. The number of nitrogens with one attached hydrogen (secondary N) is 1. The maximum absolute atomic E-state index is 10.8. The SMILES string of the molecule is [CH2]CC=CC(=O)NC(C)C. The van der Waals surface area contributed by atoms with Gasteiger partial charge in [-0.05, 0) is 33.3 Å². The maximum Gasteiger partial charge on any atom is 0.243 e. The molecule has 0 unspecified atom stereocenters. The van der Waals surface area contributed by atoms with Gasteiger partial charge in [0.15, 0.2) is 0 Å². The van der Waals surface area contributed by atoms with Gasteiger partial charge in [-0.2, -0.15) is 0 Å². The second kappa shape index (κ2) is 5.03. The number of carbonyl (C=O) groups excluding carboxylic acids is 1. The minimum absolute atomic E-state index is 0.0429. The molecule has 0 aliphatic heterocycles. The van der Waals surface area contributed by atoms with Crippen molar-refractivity contribution in [2.75, 3.05) is 0 Å². The summed E-state index contributed by atoms with van der Waals surface area (Å²) in [4.78, 5) is 10.8. The van der Waals surface area contributed by atoms with Crippen LogP contribution >= 0.6 is 0 Å². The Morgan fingerprint density at radius 1 is 1.70 bits per heavy atom. The lowest BCUT2D eigenvalue weighted by Crippen LogP contribution is -2.28. The van der Waals surface area contributed by atoms with E-state index in [4.69, 9.17) is 0 Å². The molecule has 10 heavy (non-hydrogen) atoms. The maximum atomic E-state index is 10.8. The monoisotopic (exact) mass is 140 g/mol. The zero-order valence-electron chi connectivity index (χ0n) is 6.55. The first-order valence-corrected chi connectivity index (χ1v) is 3.43. The average molecular weight is 140 g/mol. The highest BCUT2D eigenvalue weighted by molar-refractivity contribution is 5.87. The number of hydrogen-bond acceptors (Lipinski definition) is 1. The van der Waals surface area contributed by atoms with E-state index < -0.39 is 0 Å². The molecular formula is C8H14NO. The first kappa shape index (κ1) is 9.21. The first-order valence-electron chi connectivity index (χ1n) is 3.43. The van der Waals surface area contributed by atoms with Crippen LogP contribution in [-0.2, 0) is 4.79 Å². The van der Waals surface area contributed by atoms with Crippen molar-refractivity contribution < 1.29 is 4.79 Å².